The smallest absolute Gasteiger partial charge is 0.121 e. The molecule has 0 heterocycles. The molecule has 72 valence electrons. The van der Waals surface area contributed by atoms with Crippen LogP contribution in [0.15, 0.2) is 18.2 Å². The lowest BCUT2D eigenvalue weighted by Crippen LogP contribution is -2.00. The minimum atomic E-state index is 0.457. The van der Waals surface area contributed by atoms with Crippen LogP contribution in [-0.2, 0) is 12.8 Å². The third-order valence-electron chi connectivity index (χ3n) is 2.23. The zero-order valence-corrected chi connectivity index (χ0v) is 8.09. The highest BCUT2D eigenvalue weighted by atomic mass is 16.3. The molecule has 0 saturated carbocycles. The number of para-hydroxylation sites is 1. The predicted molar refractivity (Wildman–Crippen MR) is 54.9 cm³/mol. The van der Waals surface area contributed by atoms with Crippen LogP contribution in [0.3, 0.4) is 0 Å². The molecular weight excluding hydrogens is 162 g/mol. The Morgan fingerprint density at radius 2 is 2.00 bits per heavy atom. The number of phenols is 1. The molecule has 0 aromatic heterocycles. The second-order valence-electron chi connectivity index (χ2n) is 3.17. The van der Waals surface area contributed by atoms with Gasteiger partial charge in [-0.1, -0.05) is 25.1 Å². The lowest BCUT2D eigenvalue weighted by molar-refractivity contribution is 0.461. The van der Waals surface area contributed by atoms with Crippen LogP contribution in [0.5, 0.6) is 5.75 Å². The Balaban J connectivity index is 2.81. The average Bonchev–Trinajstić information content (AvgIpc) is 2.16. The number of rotatable bonds is 4. The van der Waals surface area contributed by atoms with Gasteiger partial charge in [-0.2, -0.15) is 0 Å². The van der Waals surface area contributed by atoms with E-state index in [1.807, 2.05) is 25.1 Å². The van der Waals surface area contributed by atoms with E-state index in [9.17, 15) is 5.11 Å². The number of phenolic OH excluding ortho intramolecular Hbond substituents is 1. The summed E-state index contributed by atoms with van der Waals surface area (Å²) < 4.78 is 0. The first-order valence-corrected chi connectivity index (χ1v) is 4.79. The van der Waals surface area contributed by atoms with Crippen molar-refractivity contribution in [3.05, 3.63) is 29.3 Å². The summed E-state index contributed by atoms with van der Waals surface area (Å²) in [4.78, 5) is 0. The van der Waals surface area contributed by atoms with E-state index in [2.05, 4.69) is 0 Å². The van der Waals surface area contributed by atoms with E-state index in [0.717, 1.165) is 30.4 Å². The maximum absolute atomic E-state index is 9.77. The molecule has 0 saturated heterocycles. The van der Waals surface area contributed by atoms with Crippen molar-refractivity contribution in [2.45, 2.75) is 26.2 Å². The highest BCUT2D eigenvalue weighted by molar-refractivity contribution is 5.40. The molecule has 0 unspecified atom stereocenters. The number of hydrogen-bond donors (Lipinski definition) is 2. The molecule has 1 aromatic rings. The summed E-state index contributed by atoms with van der Waals surface area (Å²) in [7, 11) is 0. The first-order valence-electron chi connectivity index (χ1n) is 4.79. The Bertz CT molecular complexity index is 271. The first-order chi connectivity index (χ1) is 6.29. The molecule has 13 heavy (non-hydrogen) atoms. The van der Waals surface area contributed by atoms with E-state index in [0.29, 0.717) is 12.3 Å². The van der Waals surface area contributed by atoms with E-state index in [1.54, 1.807) is 0 Å². The third kappa shape index (κ3) is 2.46. The number of benzene rings is 1. The fourth-order valence-electron chi connectivity index (χ4n) is 1.42. The highest BCUT2D eigenvalue weighted by Crippen LogP contribution is 2.23. The van der Waals surface area contributed by atoms with Crippen LogP contribution in [0.2, 0.25) is 0 Å². The predicted octanol–water partition coefficient (Wildman–Crippen LogP) is 1.85. The van der Waals surface area contributed by atoms with Crippen molar-refractivity contribution >= 4 is 0 Å². The van der Waals surface area contributed by atoms with Crippen LogP contribution in [0.1, 0.15) is 24.5 Å². The quantitative estimate of drug-likeness (QED) is 0.741. The fourth-order valence-corrected chi connectivity index (χ4v) is 1.42. The van der Waals surface area contributed by atoms with Gasteiger partial charge in [-0.15, -0.1) is 0 Å². The van der Waals surface area contributed by atoms with Gasteiger partial charge in [-0.3, -0.25) is 0 Å². The molecule has 0 fully saturated rings. The molecule has 0 aliphatic carbocycles. The largest absolute Gasteiger partial charge is 0.507 e. The molecule has 0 amide bonds. The van der Waals surface area contributed by atoms with Gasteiger partial charge in [0, 0.05) is 0 Å². The molecule has 1 rings (SSSR count). The minimum absolute atomic E-state index is 0.457. The maximum Gasteiger partial charge on any atom is 0.121 e. The standard InChI is InChI=1S/C11H17NO/c1-2-9-5-3-6-10(11(9)13)7-4-8-12/h3,5-6,13H,2,4,7-8,12H2,1H3. The Morgan fingerprint density at radius 3 is 2.62 bits per heavy atom. The maximum atomic E-state index is 9.77. The molecule has 0 radical (unpaired) electrons. The van der Waals surface area contributed by atoms with Crippen LogP contribution in [-0.4, -0.2) is 11.7 Å². The summed E-state index contributed by atoms with van der Waals surface area (Å²) in [6, 6.07) is 5.91. The van der Waals surface area contributed by atoms with E-state index in [1.165, 1.54) is 0 Å². The summed E-state index contributed by atoms with van der Waals surface area (Å²) in [5.41, 5.74) is 7.46. The van der Waals surface area contributed by atoms with Gasteiger partial charge >= 0.3 is 0 Å². The van der Waals surface area contributed by atoms with Gasteiger partial charge in [0.05, 0.1) is 0 Å². The molecule has 3 N–H and O–H groups in total. The van der Waals surface area contributed by atoms with Crippen molar-refractivity contribution in [3.63, 3.8) is 0 Å². The van der Waals surface area contributed by atoms with Crippen molar-refractivity contribution in [1.82, 2.24) is 0 Å². The van der Waals surface area contributed by atoms with E-state index >= 15 is 0 Å². The zero-order valence-electron chi connectivity index (χ0n) is 8.09. The minimum Gasteiger partial charge on any atom is -0.507 e. The molecule has 1 aromatic carbocycles. The Kier molecular flexibility index (Phi) is 3.77. The second-order valence-corrected chi connectivity index (χ2v) is 3.17. The summed E-state index contributed by atoms with van der Waals surface area (Å²) in [5, 5.41) is 9.77. The van der Waals surface area contributed by atoms with Gasteiger partial charge in [-0.25, -0.2) is 0 Å². The molecule has 0 aliphatic rings. The summed E-state index contributed by atoms with van der Waals surface area (Å²) >= 11 is 0. The lowest BCUT2D eigenvalue weighted by Gasteiger charge is -2.07. The highest BCUT2D eigenvalue weighted by Gasteiger charge is 2.03. The van der Waals surface area contributed by atoms with Crippen LogP contribution >= 0.6 is 0 Å². The van der Waals surface area contributed by atoms with Crippen LogP contribution < -0.4 is 5.73 Å². The van der Waals surface area contributed by atoms with Crippen LogP contribution in [0.25, 0.3) is 0 Å². The van der Waals surface area contributed by atoms with Crippen molar-refractivity contribution in [1.29, 1.82) is 0 Å². The molecule has 0 aliphatic heterocycles. The Morgan fingerprint density at radius 1 is 1.31 bits per heavy atom. The second kappa shape index (κ2) is 4.87. The summed E-state index contributed by atoms with van der Waals surface area (Å²) in [5.74, 6) is 0.457. The van der Waals surface area contributed by atoms with E-state index in [-0.39, 0.29) is 0 Å². The Hall–Kier alpha value is -1.02. The molecule has 2 nitrogen and oxygen atoms in total. The molecule has 0 bridgehead atoms. The summed E-state index contributed by atoms with van der Waals surface area (Å²) in [6.07, 6.45) is 2.68. The fraction of sp³-hybridized carbons (Fsp3) is 0.455. The van der Waals surface area contributed by atoms with Crippen LogP contribution in [0.4, 0.5) is 0 Å². The average molecular weight is 179 g/mol. The van der Waals surface area contributed by atoms with Gasteiger partial charge in [-0.05, 0) is 36.9 Å². The number of aromatic hydroxyl groups is 1. The number of aryl methyl sites for hydroxylation is 2. The van der Waals surface area contributed by atoms with Gasteiger partial charge in [0.1, 0.15) is 5.75 Å². The SMILES string of the molecule is CCc1cccc(CCCN)c1O. The van der Waals surface area contributed by atoms with Gasteiger partial charge in [0.25, 0.3) is 0 Å². The number of nitrogens with two attached hydrogens (primary N) is 1. The van der Waals surface area contributed by atoms with Crippen molar-refractivity contribution in [2.75, 3.05) is 6.54 Å². The number of hydrogen-bond acceptors (Lipinski definition) is 2. The van der Waals surface area contributed by atoms with Gasteiger partial charge in [0.2, 0.25) is 0 Å². The lowest BCUT2D eigenvalue weighted by atomic mass is 10.0. The normalized spacial score (nSPS) is 10.3. The molecule has 0 atom stereocenters. The zero-order chi connectivity index (χ0) is 9.68. The third-order valence-corrected chi connectivity index (χ3v) is 2.23. The molecule has 0 spiro atoms. The molecular formula is C11H17NO. The topological polar surface area (TPSA) is 46.2 Å². The molecule has 2 heteroatoms. The van der Waals surface area contributed by atoms with Gasteiger partial charge < -0.3 is 10.8 Å². The van der Waals surface area contributed by atoms with Gasteiger partial charge in [0.15, 0.2) is 0 Å². The monoisotopic (exact) mass is 179 g/mol. The van der Waals surface area contributed by atoms with Crippen molar-refractivity contribution in [2.24, 2.45) is 5.73 Å². The van der Waals surface area contributed by atoms with Crippen molar-refractivity contribution in [3.8, 4) is 5.75 Å². The summed E-state index contributed by atoms with van der Waals surface area (Å²) in [6.45, 7) is 2.72. The first kappa shape index (κ1) is 10.1. The van der Waals surface area contributed by atoms with Crippen LogP contribution in [0, 0.1) is 0 Å². The van der Waals surface area contributed by atoms with E-state index < -0.39 is 0 Å². The Labute approximate surface area is 79.4 Å². The van der Waals surface area contributed by atoms with E-state index in [4.69, 9.17) is 5.73 Å². The van der Waals surface area contributed by atoms with Crippen molar-refractivity contribution < 1.29 is 5.11 Å².